The van der Waals surface area contributed by atoms with Crippen molar-refractivity contribution in [3.63, 3.8) is 0 Å². The predicted molar refractivity (Wildman–Crippen MR) is 65.2 cm³/mol. The molecule has 0 N–H and O–H groups in total. The van der Waals surface area contributed by atoms with Crippen LogP contribution in [-0.4, -0.2) is 23.7 Å². The summed E-state index contributed by atoms with van der Waals surface area (Å²) in [5.74, 6) is 0.983. The van der Waals surface area contributed by atoms with Crippen molar-refractivity contribution >= 4 is 22.6 Å². The van der Waals surface area contributed by atoms with E-state index in [1.54, 1.807) is 6.20 Å². The molecule has 1 fully saturated rings. The Morgan fingerprint density at radius 1 is 1.44 bits per heavy atom. The summed E-state index contributed by atoms with van der Waals surface area (Å²) in [7, 11) is 0. The van der Waals surface area contributed by atoms with Crippen LogP contribution in [0.3, 0.4) is 0 Å². The number of alkyl halides is 3. The standard InChI is InChI=1S/C11H15F3IN/c1-7-2-3-10-8(4-7)9(15)5-16(10)6-11(12,13)14/h5,7-8,10H,2-4,6H2,1H3. The molecule has 3 unspecified atom stereocenters. The van der Waals surface area contributed by atoms with Crippen molar-refractivity contribution in [2.45, 2.75) is 38.4 Å². The Labute approximate surface area is 107 Å². The van der Waals surface area contributed by atoms with E-state index in [-0.39, 0.29) is 6.04 Å². The average molecular weight is 345 g/mol. The van der Waals surface area contributed by atoms with Crippen LogP contribution < -0.4 is 0 Å². The van der Waals surface area contributed by atoms with Gasteiger partial charge in [-0.3, -0.25) is 0 Å². The first-order chi connectivity index (χ1) is 7.37. The molecule has 92 valence electrons. The highest BCUT2D eigenvalue weighted by Gasteiger charge is 2.42. The van der Waals surface area contributed by atoms with Gasteiger partial charge in [-0.05, 0) is 47.8 Å². The summed E-state index contributed by atoms with van der Waals surface area (Å²) >= 11 is 2.20. The summed E-state index contributed by atoms with van der Waals surface area (Å²) < 4.78 is 38.3. The van der Waals surface area contributed by atoms with E-state index in [2.05, 4.69) is 29.5 Å². The fraction of sp³-hybridized carbons (Fsp3) is 0.818. The van der Waals surface area contributed by atoms with Crippen molar-refractivity contribution in [2.24, 2.45) is 11.8 Å². The lowest BCUT2D eigenvalue weighted by Crippen LogP contribution is -2.41. The van der Waals surface area contributed by atoms with Crippen LogP contribution in [0.4, 0.5) is 13.2 Å². The van der Waals surface area contributed by atoms with Gasteiger partial charge in [0.2, 0.25) is 0 Å². The third-order valence-electron chi connectivity index (χ3n) is 3.51. The molecule has 0 aromatic rings. The van der Waals surface area contributed by atoms with E-state index in [4.69, 9.17) is 0 Å². The van der Waals surface area contributed by atoms with E-state index in [0.717, 1.165) is 22.8 Å². The largest absolute Gasteiger partial charge is 0.405 e. The molecule has 0 aromatic carbocycles. The number of nitrogens with zero attached hydrogens (tertiary/aromatic N) is 1. The monoisotopic (exact) mass is 345 g/mol. The van der Waals surface area contributed by atoms with Gasteiger partial charge < -0.3 is 4.90 Å². The Morgan fingerprint density at radius 2 is 2.12 bits per heavy atom. The van der Waals surface area contributed by atoms with Crippen LogP contribution in [0.25, 0.3) is 0 Å². The molecular weight excluding hydrogens is 330 g/mol. The number of hydrogen-bond donors (Lipinski definition) is 0. The second-order valence-electron chi connectivity index (χ2n) is 4.89. The van der Waals surface area contributed by atoms with Gasteiger partial charge in [0.15, 0.2) is 0 Å². The zero-order valence-corrected chi connectivity index (χ0v) is 11.3. The molecule has 0 aromatic heterocycles. The third-order valence-corrected chi connectivity index (χ3v) is 4.59. The lowest BCUT2D eigenvalue weighted by Gasteiger charge is -2.36. The van der Waals surface area contributed by atoms with Crippen molar-refractivity contribution in [1.29, 1.82) is 0 Å². The molecule has 1 aliphatic carbocycles. The molecule has 5 heteroatoms. The SMILES string of the molecule is CC1CCC2C(C1)C(I)=CN2CC(F)(F)F. The highest BCUT2D eigenvalue weighted by Crippen LogP contribution is 2.44. The fourth-order valence-electron chi connectivity index (χ4n) is 2.78. The Hall–Kier alpha value is 0.0600. The summed E-state index contributed by atoms with van der Waals surface area (Å²) in [5, 5.41) is 0. The van der Waals surface area contributed by atoms with Crippen LogP contribution in [0.15, 0.2) is 9.78 Å². The van der Waals surface area contributed by atoms with Crippen molar-refractivity contribution in [1.82, 2.24) is 4.90 Å². The topological polar surface area (TPSA) is 3.24 Å². The van der Waals surface area contributed by atoms with Crippen LogP contribution >= 0.6 is 22.6 Å². The maximum Gasteiger partial charge on any atom is 0.405 e. The van der Waals surface area contributed by atoms with Crippen LogP contribution in [0.2, 0.25) is 0 Å². The molecule has 1 saturated carbocycles. The van der Waals surface area contributed by atoms with Crippen LogP contribution in [0.1, 0.15) is 26.2 Å². The molecule has 1 nitrogen and oxygen atoms in total. The molecule has 2 aliphatic rings. The smallest absolute Gasteiger partial charge is 0.364 e. The summed E-state index contributed by atoms with van der Waals surface area (Å²) in [4.78, 5) is 1.50. The van der Waals surface area contributed by atoms with Gasteiger partial charge in [0.05, 0.1) is 0 Å². The third kappa shape index (κ3) is 2.65. The van der Waals surface area contributed by atoms with Crippen molar-refractivity contribution in [3.05, 3.63) is 9.78 Å². The average Bonchev–Trinajstić information content (AvgIpc) is 2.40. The van der Waals surface area contributed by atoms with E-state index in [0.29, 0.717) is 11.8 Å². The Balaban J connectivity index is 2.07. The lowest BCUT2D eigenvalue weighted by molar-refractivity contribution is -0.145. The quantitative estimate of drug-likeness (QED) is 0.651. The maximum absolute atomic E-state index is 12.4. The van der Waals surface area contributed by atoms with Gasteiger partial charge in [0.25, 0.3) is 0 Å². The minimum Gasteiger partial charge on any atom is -0.364 e. The summed E-state index contributed by atoms with van der Waals surface area (Å²) in [6.45, 7) is 1.39. The normalized spacial score (nSPS) is 34.9. The molecule has 16 heavy (non-hydrogen) atoms. The molecule has 1 aliphatic heterocycles. The molecule has 0 saturated heterocycles. The van der Waals surface area contributed by atoms with Gasteiger partial charge in [-0.25, -0.2) is 0 Å². The number of fused-ring (bicyclic) bond motifs is 1. The highest BCUT2D eigenvalue weighted by atomic mass is 127. The predicted octanol–water partition coefficient (Wildman–Crippen LogP) is 3.95. The van der Waals surface area contributed by atoms with E-state index in [1.807, 2.05) is 0 Å². The molecule has 2 rings (SSSR count). The Bertz CT molecular complexity index is 300. The van der Waals surface area contributed by atoms with Gasteiger partial charge in [-0.1, -0.05) is 6.92 Å². The molecular formula is C11H15F3IN. The zero-order valence-electron chi connectivity index (χ0n) is 9.10. The summed E-state index contributed by atoms with van der Waals surface area (Å²) in [6, 6.07) is 0.0877. The van der Waals surface area contributed by atoms with Crippen LogP contribution in [0.5, 0.6) is 0 Å². The highest BCUT2D eigenvalue weighted by molar-refractivity contribution is 14.1. The van der Waals surface area contributed by atoms with E-state index in [9.17, 15) is 13.2 Å². The molecule has 1 heterocycles. The minimum atomic E-state index is -4.09. The second-order valence-corrected chi connectivity index (χ2v) is 6.14. The van der Waals surface area contributed by atoms with E-state index < -0.39 is 12.7 Å². The lowest BCUT2D eigenvalue weighted by atomic mass is 9.80. The number of rotatable bonds is 1. The summed E-state index contributed by atoms with van der Waals surface area (Å²) in [6.07, 6.45) is 0.596. The number of halogens is 4. The van der Waals surface area contributed by atoms with Gasteiger partial charge in [-0.2, -0.15) is 13.2 Å². The molecule has 0 amide bonds. The maximum atomic E-state index is 12.4. The Morgan fingerprint density at radius 3 is 2.75 bits per heavy atom. The molecule has 3 atom stereocenters. The second kappa shape index (κ2) is 4.38. The van der Waals surface area contributed by atoms with Crippen molar-refractivity contribution < 1.29 is 13.2 Å². The fourth-order valence-corrected chi connectivity index (χ4v) is 3.81. The van der Waals surface area contributed by atoms with Crippen LogP contribution in [0, 0.1) is 11.8 Å². The minimum absolute atomic E-state index is 0.0877. The first-order valence-electron chi connectivity index (χ1n) is 5.56. The van der Waals surface area contributed by atoms with Gasteiger partial charge in [-0.15, -0.1) is 0 Å². The number of hydrogen-bond acceptors (Lipinski definition) is 1. The first kappa shape index (κ1) is 12.5. The molecule has 0 spiro atoms. The molecule has 0 bridgehead atoms. The van der Waals surface area contributed by atoms with E-state index >= 15 is 0 Å². The first-order valence-corrected chi connectivity index (χ1v) is 6.64. The van der Waals surface area contributed by atoms with Crippen molar-refractivity contribution in [2.75, 3.05) is 6.54 Å². The van der Waals surface area contributed by atoms with Gasteiger partial charge in [0, 0.05) is 21.7 Å². The Kier molecular flexibility index (Phi) is 3.43. The van der Waals surface area contributed by atoms with E-state index in [1.165, 1.54) is 4.90 Å². The van der Waals surface area contributed by atoms with Gasteiger partial charge >= 0.3 is 6.18 Å². The van der Waals surface area contributed by atoms with Gasteiger partial charge in [0.1, 0.15) is 6.54 Å². The zero-order chi connectivity index (χ0) is 11.9. The van der Waals surface area contributed by atoms with Crippen LogP contribution in [-0.2, 0) is 0 Å². The summed E-state index contributed by atoms with van der Waals surface area (Å²) in [5.41, 5.74) is 0. The van der Waals surface area contributed by atoms with Crippen molar-refractivity contribution in [3.8, 4) is 0 Å². The molecule has 0 radical (unpaired) electrons.